The molecule has 0 amide bonds. The minimum Gasteiger partial charge on any atom is -0.378 e. The Kier molecular flexibility index (Phi) is 4.61. The smallest absolute Gasteiger partial charge is 0.255 e. The van der Waals surface area contributed by atoms with Gasteiger partial charge in [-0.15, -0.1) is 0 Å². The summed E-state index contributed by atoms with van der Waals surface area (Å²) in [7, 11) is 4.05. The molecule has 2 saturated heterocycles. The first kappa shape index (κ1) is 18.1. The molecule has 2 aromatic heterocycles. The fourth-order valence-electron chi connectivity index (χ4n) is 5.02. The summed E-state index contributed by atoms with van der Waals surface area (Å²) in [6, 6.07) is 4.84. The van der Waals surface area contributed by atoms with Crippen LogP contribution in [-0.4, -0.2) is 63.3 Å². The van der Waals surface area contributed by atoms with E-state index in [1.54, 1.807) is 0 Å². The summed E-state index contributed by atoms with van der Waals surface area (Å²) in [5.74, 6) is 2.06. The first-order valence-corrected chi connectivity index (χ1v) is 10.3. The molecule has 7 nitrogen and oxygen atoms in total. The molecule has 2 atom stereocenters. The van der Waals surface area contributed by atoms with Crippen molar-refractivity contribution >= 4 is 0 Å². The average Bonchev–Trinajstić information content (AvgIpc) is 3.01. The lowest BCUT2D eigenvalue weighted by Gasteiger charge is -2.47. The van der Waals surface area contributed by atoms with Crippen molar-refractivity contribution in [2.45, 2.75) is 38.0 Å². The van der Waals surface area contributed by atoms with Crippen molar-refractivity contribution in [2.75, 3.05) is 33.4 Å². The van der Waals surface area contributed by atoms with E-state index in [2.05, 4.69) is 31.5 Å². The normalized spacial score (nSPS) is 25.0. The van der Waals surface area contributed by atoms with Gasteiger partial charge in [-0.05, 0) is 25.5 Å². The van der Waals surface area contributed by atoms with Crippen LogP contribution in [0.1, 0.15) is 29.4 Å². The summed E-state index contributed by atoms with van der Waals surface area (Å²) in [5, 5.41) is 0. The lowest BCUT2D eigenvalue weighted by Crippen LogP contribution is -2.56. The Morgan fingerprint density at radius 3 is 2.79 bits per heavy atom. The highest BCUT2D eigenvalue weighted by atomic mass is 16.5. The molecule has 7 heteroatoms. The number of piperidine rings is 1. The number of hydrogen-bond donors (Lipinski definition) is 0. The third-order valence-electron chi connectivity index (χ3n) is 6.62. The summed E-state index contributed by atoms with van der Waals surface area (Å²) in [5.41, 5.74) is 2.30. The van der Waals surface area contributed by atoms with Crippen LogP contribution < -0.4 is 5.56 Å². The van der Waals surface area contributed by atoms with Gasteiger partial charge < -0.3 is 13.9 Å². The van der Waals surface area contributed by atoms with E-state index in [0.717, 1.165) is 50.8 Å². The highest BCUT2D eigenvalue weighted by molar-refractivity contribution is 5.22. The van der Waals surface area contributed by atoms with Crippen LogP contribution in [0.4, 0.5) is 0 Å². The lowest BCUT2D eigenvalue weighted by atomic mass is 9.82. The number of hydrogen-bond acceptors (Lipinski definition) is 5. The van der Waals surface area contributed by atoms with Gasteiger partial charge in [0.15, 0.2) is 0 Å². The van der Waals surface area contributed by atoms with Crippen molar-refractivity contribution in [2.24, 2.45) is 13.0 Å². The van der Waals surface area contributed by atoms with Gasteiger partial charge >= 0.3 is 0 Å². The largest absolute Gasteiger partial charge is 0.378 e. The molecule has 2 aromatic rings. The summed E-state index contributed by atoms with van der Waals surface area (Å²) in [6.07, 6.45) is 4.98. The van der Waals surface area contributed by atoms with E-state index in [0.29, 0.717) is 24.4 Å². The van der Waals surface area contributed by atoms with Crippen LogP contribution in [0.15, 0.2) is 29.3 Å². The number of ether oxygens (including phenoxy) is 1. The number of pyridine rings is 1. The van der Waals surface area contributed by atoms with Gasteiger partial charge in [-0.1, -0.05) is 6.07 Å². The molecule has 0 saturated carbocycles. The molecule has 3 aliphatic heterocycles. The second-order valence-corrected chi connectivity index (χ2v) is 8.77. The maximum absolute atomic E-state index is 13.2. The molecule has 5 heterocycles. The van der Waals surface area contributed by atoms with Gasteiger partial charge in [-0.2, -0.15) is 0 Å². The average molecular weight is 383 g/mol. The molecule has 0 unspecified atom stereocenters. The van der Waals surface area contributed by atoms with Gasteiger partial charge in [0, 0.05) is 62.8 Å². The van der Waals surface area contributed by atoms with E-state index in [1.165, 1.54) is 12.1 Å². The number of nitrogens with zero attached hydrogens (tertiary/aromatic N) is 5. The Balaban J connectivity index is 1.34. The Bertz CT molecular complexity index is 916. The zero-order valence-electron chi connectivity index (χ0n) is 16.8. The van der Waals surface area contributed by atoms with E-state index in [9.17, 15) is 4.79 Å². The Labute approximate surface area is 165 Å². The first-order chi connectivity index (χ1) is 13.6. The number of fused-ring (bicyclic) bond motifs is 4. The van der Waals surface area contributed by atoms with Crippen molar-refractivity contribution in [1.29, 1.82) is 0 Å². The Hall–Kier alpha value is -1.96. The molecule has 0 aliphatic carbocycles. The standard InChI is InChI=1S/C21H29N5O2/c1-23(12-20-22-5-6-24(20)2)10-16-3-4-19-17-7-15(9-26(19)21(16)27)8-25(11-17)18-13-28-14-18/h3-6,15,17-18H,7-14H2,1-2H3/t15-,17+/m0/s1. The van der Waals surface area contributed by atoms with Crippen LogP contribution in [0.2, 0.25) is 0 Å². The van der Waals surface area contributed by atoms with Gasteiger partial charge in [0.1, 0.15) is 5.82 Å². The molecule has 28 heavy (non-hydrogen) atoms. The molecule has 0 aromatic carbocycles. The minimum absolute atomic E-state index is 0.194. The fourth-order valence-corrected chi connectivity index (χ4v) is 5.02. The molecule has 5 rings (SSSR count). The zero-order chi connectivity index (χ0) is 19.3. The molecule has 2 fully saturated rings. The molecule has 0 spiro atoms. The number of rotatable bonds is 5. The molecule has 3 aliphatic rings. The van der Waals surface area contributed by atoms with Crippen molar-refractivity contribution in [3.8, 4) is 0 Å². The second-order valence-electron chi connectivity index (χ2n) is 8.77. The molecule has 0 radical (unpaired) electrons. The summed E-state index contributed by atoms with van der Waals surface area (Å²) < 4.78 is 9.48. The third-order valence-corrected chi connectivity index (χ3v) is 6.62. The number of aromatic nitrogens is 3. The van der Waals surface area contributed by atoms with Crippen LogP contribution in [0.5, 0.6) is 0 Å². The van der Waals surface area contributed by atoms with Gasteiger partial charge in [0.05, 0.1) is 25.8 Å². The van der Waals surface area contributed by atoms with Gasteiger partial charge in [-0.25, -0.2) is 4.98 Å². The molecule has 150 valence electrons. The number of imidazole rings is 1. The van der Waals surface area contributed by atoms with Gasteiger partial charge in [0.25, 0.3) is 5.56 Å². The molecular weight excluding hydrogens is 354 g/mol. The maximum Gasteiger partial charge on any atom is 0.255 e. The number of likely N-dealkylation sites (tertiary alicyclic amines) is 1. The quantitative estimate of drug-likeness (QED) is 0.772. The highest BCUT2D eigenvalue weighted by Gasteiger charge is 2.39. The zero-order valence-corrected chi connectivity index (χ0v) is 16.8. The van der Waals surface area contributed by atoms with Crippen molar-refractivity contribution in [3.05, 3.63) is 52.0 Å². The van der Waals surface area contributed by atoms with Gasteiger partial charge in [0.2, 0.25) is 0 Å². The van der Waals surface area contributed by atoms with E-state index in [4.69, 9.17) is 4.74 Å². The SMILES string of the molecule is CN(Cc1ccc2n(c1=O)C[C@H]1C[C@@H]2CN(C2COC2)C1)Cc1nccn1C. The monoisotopic (exact) mass is 383 g/mol. The topological polar surface area (TPSA) is 55.5 Å². The van der Waals surface area contributed by atoms with Crippen LogP contribution in [0.25, 0.3) is 0 Å². The predicted octanol–water partition coefficient (Wildman–Crippen LogP) is 1.03. The summed E-state index contributed by atoms with van der Waals surface area (Å²) in [6.45, 7) is 6.12. The molecule has 0 N–H and O–H groups in total. The third kappa shape index (κ3) is 3.21. The lowest BCUT2D eigenvalue weighted by molar-refractivity contribution is -0.0827. The Morgan fingerprint density at radius 1 is 1.21 bits per heavy atom. The molecule has 2 bridgehead atoms. The van der Waals surface area contributed by atoms with Gasteiger partial charge in [-0.3, -0.25) is 14.6 Å². The van der Waals surface area contributed by atoms with Crippen molar-refractivity contribution in [3.63, 3.8) is 0 Å². The number of aryl methyl sites for hydroxylation is 1. The van der Waals surface area contributed by atoms with Crippen molar-refractivity contribution < 1.29 is 4.74 Å². The van der Waals surface area contributed by atoms with E-state index >= 15 is 0 Å². The van der Waals surface area contributed by atoms with Crippen LogP contribution >= 0.6 is 0 Å². The summed E-state index contributed by atoms with van der Waals surface area (Å²) in [4.78, 5) is 22.3. The Morgan fingerprint density at radius 2 is 2.07 bits per heavy atom. The minimum atomic E-state index is 0.194. The maximum atomic E-state index is 13.2. The van der Waals surface area contributed by atoms with E-state index in [-0.39, 0.29) is 5.56 Å². The van der Waals surface area contributed by atoms with Crippen LogP contribution in [0.3, 0.4) is 0 Å². The summed E-state index contributed by atoms with van der Waals surface area (Å²) >= 11 is 0. The van der Waals surface area contributed by atoms with Crippen LogP contribution in [0, 0.1) is 5.92 Å². The highest BCUT2D eigenvalue weighted by Crippen LogP contribution is 2.36. The van der Waals surface area contributed by atoms with E-state index in [1.807, 2.05) is 31.1 Å². The van der Waals surface area contributed by atoms with E-state index < -0.39 is 0 Å². The van der Waals surface area contributed by atoms with Crippen LogP contribution in [-0.2, 0) is 31.4 Å². The first-order valence-electron chi connectivity index (χ1n) is 10.3. The second kappa shape index (κ2) is 7.13. The van der Waals surface area contributed by atoms with Crippen molar-refractivity contribution in [1.82, 2.24) is 23.9 Å². The predicted molar refractivity (Wildman–Crippen MR) is 106 cm³/mol. The molecular formula is C21H29N5O2. The fraction of sp³-hybridized carbons (Fsp3) is 0.619.